The predicted octanol–water partition coefficient (Wildman–Crippen LogP) is 1.71. The fraction of sp³-hybridized carbons (Fsp3) is 0.667. The normalized spacial score (nSPS) is 17.7. The maximum Gasteiger partial charge on any atom is 0.308 e. The third-order valence-electron chi connectivity index (χ3n) is 2.84. The van der Waals surface area contributed by atoms with Crippen LogP contribution in [0.1, 0.15) is 39.0 Å². The van der Waals surface area contributed by atoms with Crippen LogP contribution < -0.4 is 5.32 Å². The second-order valence-electron chi connectivity index (χ2n) is 4.35. The third-order valence-corrected chi connectivity index (χ3v) is 2.84. The second-order valence-corrected chi connectivity index (χ2v) is 4.35. The summed E-state index contributed by atoms with van der Waals surface area (Å²) < 4.78 is 0. The van der Waals surface area contributed by atoms with Crippen molar-refractivity contribution in [1.29, 1.82) is 0 Å². The molecule has 2 N–H and O–H groups in total. The molecule has 0 aliphatic heterocycles. The van der Waals surface area contributed by atoms with Crippen molar-refractivity contribution in [3.63, 3.8) is 0 Å². The molecular formula is C12H19NO3. The predicted molar refractivity (Wildman–Crippen MR) is 61.0 cm³/mol. The van der Waals surface area contributed by atoms with Gasteiger partial charge in [-0.15, -0.1) is 0 Å². The minimum Gasteiger partial charge on any atom is -0.481 e. The summed E-state index contributed by atoms with van der Waals surface area (Å²) in [7, 11) is 0. The van der Waals surface area contributed by atoms with Crippen LogP contribution in [0.15, 0.2) is 11.6 Å². The molecule has 1 amide bonds. The molecule has 1 aliphatic carbocycles. The molecule has 1 aliphatic rings. The average Bonchev–Trinajstić information content (AvgIpc) is 2.27. The van der Waals surface area contributed by atoms with Crippen molar-refractivity contribution in [3.8, 4) is 0 Å². The van der Waals surface area contributed by atoms with E-state index in [1.165, 1.54) is 12.0 Å². The van der Waals surface area contributed by atoms with Gasteiger partial charge < -0.3 is 10.4 Å². The van der Waals surface area contributed by atoms with E-state index in [4.69, 9.17) is 5.11 Å². The molecule has 1 unspecified atom stereocenters. The number of hydrogen-bond acceptors (Lipinski definition) is 2. The Labute approximate surface area is 95.7 Å². The minimum atomic E-state index is -0.884. The summed E-state index contributed by atoms with van der Waals surface area (Å²) in [6.45, 7) is 1.77. The Morgan fingerprint density at radius 1 is 1.38 bits per heavy atom. The van der Waals surface area contributed by atoms with Crippen molar-refractivity contribution in [2.24, 2.45) is 5.92 Å². The zero-order chi connectivity index (χ0) is 12.0. The Kier molecular flexibility index (Phi) is 5.02. The number of hydrogen-bond donors (Lipinski definition) is 2. The van der Waals surface area contributed by atoms with Crippen LogP contribution in [-0.4, -0.2) is 23.5 Å². The number of amides is 1. The van der Waals surface area contributed by atoms with Gasteiger partial charge in [0.15, 0.2) is 0 Å². The lowest BCUT2D eigenvalue weighted by Crippen LogP contribution is -2.30. The fourth-order valence-electron chi connectivity index (χ4n) is 1.73. The lowest BCUT2D eigenvalue weighted by atomic mass is 9.94. The quantitative estimate of drug-likeness (QED) is 0.716. The van der Waals surface area contributed by atoms with Gasteiger partial charge in [0, 0.05) is 12.6 Å². The fourth-order valence-corrected chi connectivity index (χ4v) is 1.73. The van der Waals surface area contributed by atoms with Gasteiger partial charge in [-0.1, -0.05) is 18.9 Å². The molecular weight excluding hydrogens is 206 g/mol. The molecule has 0 bridgehead atoms. The zero-order valence-corrected chi connectivity index (χ0v) is 9.66. The highest BCUT2D eigenvalue weighted by Gasteiger charge is 2.12. The molecule has 1 saturated carbocycles. The van der Waals surface area contributed by atoms with E-state index in [-0.39, 0.29) is 12.5 Å². The molecule has 0 aromatic carbocycles. The van der Waals surface area contributed by atoms with E-state index < -0.39 is 11.9 Å². The Hall–Kier alpha value is -1.32. The molecule has 90 valence electrons. The summed E-state index contributed by atoms with van der Waals surface area (Å²) in [4.78, 5) is 22.0. The van der Waals surface area contributed by atoms with Gasteiger partial charge in [0.2, 0.25) is 5.91 Å². The standard InChI is InChI=1S/C12H19NO3/c1-9(12(15)16)8-13-11(14)7-10-5-3-2-4-6-10/h7,9H,2-6,8H2,1H3,(H,13,14)(H,15,16). The first-order valence-corrected chi connectivity index (χ1v) is 5.79. The molecule has 0 heterocycles. The molecule has 1 atom stereocenters. The van der Waals surface area contributed by atoms with Crippen LogP contribution in [0.5, 0.6) is 0 Å². The third kappa shape index (κ3) is 4.47. The maximum absolute atomic E-state index is 11.5. The number of nitrogens with one attached hydrogen (secondary N) is 1. The molecule has 4 heteroatoms. The van der Waals surface area contributed by atoms with E-state index in [1.807, 2.05) is 0 Å². The maximum atomic E-state index is 11.5. The van der Waals surface area contributed by atoms with Gasteiger partial charge in [0.05, 0.1) is 5.92 Å². The number of aliphatic carboxylic acids is 1. The molecule has 1 fully saturated rings. The molecule has 16 heavy (non-hydrogen) atoms. The topological polar surface area (TPSA) is 66.4 Å². The lowest BCUT2D eigenvalue weighted by Gasteiger charge is -2.13. The van der Waals surface area contributed by atoms with Crippen LogP contribution >= 0.6 is 0 Å². The smallest absolute Gasteiger partial charge is 0.308 e. The highest BCUT2D eigenvalue weighted by atomic mass is 16.4. The van der Waals surface area contributed by atoms with Crippen LogP contribution in [0.4, 0.5) is 0 Å². The van der Waals surface area contributed by atoms with E-state index in [1.54, 1.807) is 13.0 Å². The Balaban J connectivity index is 2.32. The van der Waals surface area contributed by atoms with Crippen molar-refractivity contribution >= 4 is 11.9 Å². The highest BCUT2D eigenvalue weighted by Crippen LogP contribution is 2.22. The first-order chi connectivity index (χ1) is 7.59. The molecule has 4 nitrogen and oxygen atoms in total. The van der Waals surface area contributed by atoms with Gasteiger partial charge in [-0.3, -0.25) is 9.59 Å². The van der Waals surface area contributed by atoms with E-state index >= 15 is 0 Å². The van der Waals surface area contributed by atoms with Gasteiger partial charge in [0.25, 0.3) is 0 Å². The van der Waals surface area contributed by atoms with Gasteiger partial charge >= 0.3 is 5.97 Å². The highest BCUT2D eigenvalue weighted by molar-refractivity contribution is 5.88. The number of carboxylic acid groups (broad SMARTS) is 1. The van der Waals surface area contributed by atoms with Crippen molar-refractivity contribution < 1.29 is 14.7 Å². The monoisotopic (exact) mass is 225 g/mol. The number of rotatable bonds is 4. The first kappa shape index (κ1) is 12.7. The largest absolute Gasteiger partial charge is 0.481 e. The van der Waals surface area contributed by atoms with Crippen molar-refractivity contribution in [3.05, 3.63) is 11.6 Å². The van der Waals surface area contributed by atoms with Gasteiger partial charge in [0.1, 0.15) is 0 Å². The van der Waals surface area contributed by atoms with Crippen LogP contribution in [0.25, 0.3) is 0 Å². The van der Waals surface area contributed by atoms with Crippen molar-refractivity contribution in [1.82, 2.24) is 5.32 Å². The van der Waals surface area contributed by atoms with E-state index in [0.717, 1.165) is 25.7 Å². The zero-order valence-electron chi connectivity index (χ0n) is 9.66. The average molecular weight is 225 g/mol. The summed E-state index contributed by atoms with van der Waals surface area (Å²) >= 11 is 0. The number of carbonyl (C=O) groups is 2. The lowest BCUT2D eigenvalue weighted by molar-refractivity contribution is -0.141. The SMILES string of the molecule is CC(CNC(=O)C=C1CCCCC1)C(=O)O. The van der Waals surface area contributed by atoms with Crippen molar-refractivity contribution in [2.45, 2.75) is 39.0 Å². The van der Waals surface area contributed by atoms with Gasteiger partial charge in [-0.05, 0) is 25.7 Å². The molecule has 0 saturated heterocycles. The Morgan fingerprint density at radius 3 is 2.56 bits per heavy atom. The number of allylic oxidation sites excluding steroid dienone is 1. The van der Waals surface area contributed by atoms with E-state index in [2.05, 4.69) is 5.32 Å². The van der Waals surface area contributed by atoms with Crippen LogP contribution in [0.2, 0.25) is 0 Å². The number of carbonyl (C=O) groups excluding carboxylic acids is 1. The summed E-state index contributed by atoms with van der Waals surface area (Å²) in [5.41, 5.74) is 1.19. The van der Waals surface area contributed by atoms with E-state index in [9.17, 15) is 9.59 Å². The van der Waals surface area contributed by atoms with Crippen LogP contribution in [-0.2, 0) is 9.59 Å². The molecule has 0 aromatic heterocycles. The van der Waals surface area contributed by atoms with Gasteiger partial charge in [-0.2, -0.15) is 0 Å². The first-order valence-electron chi connectivity index (χ1n) is 5.79. The Bertz CT molecular complexity index is 289. The summed E-state index contributed by atoms with van der Waals surface area (Å²) in [5.74, 6) is -1.58. The summed E-state index contributed by atoms with van der Waals surface area (Å²) in [5, 5.41) is 11.3. The Morgan fingerprint density at radius 2 is 2.00 bits per heavy atom. The minimum absolute atomic E-state index is 0.162. The summed E-state index contributed by atoms with van der Waals surface area (Å²) in [6, 6.07) is 0. The molecule has 1 rings (SSSR count). The summed E-state index contributed by atoms with van der Waals surface area (Å²) in [6.07, 6.45) is 7.20. The van der Waals surface area contributed by atoms with E-state index in [0.29, 0.717) is 0 Å². The van der Waals surface area contributed by atoms with Crippen molar-refractivity contribution in [2.75, 3.05) is 6.54 Å². The molecule has 0 aromatic rings. The van der Waals surface area contributed by atoms with Crippen LogP contribution in [0, 0.1) is 5.92 Å². The van der Waals surface area contributed by atoms with Crippen LogP contribution in [0.3, 0.4) is 0 Å². The number of carboxylic acids is 1. The van der Waals surface area contributed by atoms with Gasteiger partial charge in [-0.25, -0.2) is 0 Å². The molecule has 0 radical (unpaired) electrons. The molecule has 0 spiro atoms. The second kappa shape index (κ2) is 6.30.